The van der Waals surface area contributed by atoms with Crippen molar-refractivity contribution in [3.63, 3.8) is 0 Å². The van der Waals surface area contributed by atoms with Crippen LogP contribution in [0.2, 0.25) is 0 Å². The van der Waals surface area contributed by atoms with Crippen molar-refractivity contribution in [3.05, 3.63) is 51.7 Å². The first kappa shape index (κ1) is 24.6. The third kappa shape index (κ3) is 5.09. The first-order valence-corrected chi connectivity index (χ1v) is 13.2. The summed E-state index contributed by atoms with van der Waals surface area (Å²) in [5.74, 6) is -0.231. The van der Waals surface area contributed by atoms with Gasteiger partial charge in [0, 0.05) is 16.4 Å². The quantitative estimate of drug-likeness (QED) is 0.288. The van der Waals surface area contributed by atoms with Crippen LogP contribution in [0.1, 0.15) is 16.1 Å². The average Bonchev–Trinajstić information content (AvgIpc) is 3.19. The number of ether oxygens (including phenoxy) is 2. The number of esters is 1. The van der Waals surface area contributed by atoms with Gasteiger partial charge < -0.3 is 20.3 Å². The molecular formula is C22H23N3O6S3. The molecule has 1 aromatic heterocycles. The second-order valence-corrected chi connectivity index (χ2v) is 11.1. The number of carboxylic acids is 1. The summed E-state index contributed by atoms with van der Waals surface area (Å²) < 4.78 is 11.2. The largest absolute Gasteiger partial charge is 0.497 e. The van der Waals surface area contributed by atoms with Gasteiger partial charge in [-0.15, -0.1) is 23.1 Å². The highest BCUT2D eigenvalue weighted by Gasteiger charge is 2.51. The maximum Gasteiger partial charge on any atom is 0.352 e. The number of carbonyl (C=O) groups is 3. The van der Waals surface area contributed by atoms with Gasteiger partial charge in [-0.3, -0.25) is 14.5 Å². The van der Waals surface area contributed by atoms with Crippen LogP contribution in [0.4, 0.5) is 0 Å². The van der Waals surface area contributed by atoms with Crippen molar-refractivity contribution in [2.24, 2.45) is 5.73 Å². The zero-order valence-corrected chi connectivity index (χ0v) is 20.9. The smallest absolute Gasteiger partial charge is 0.352 e. The van der Waals surface area contributed by atoms with Crippen molar-refractivity contribution in [2.75, 3.05) is 18.6 Å². The van der Waals surface area contributed by atoms with Crippen LogP contribution in [0.3, 0.4) is 0 Å². The van der Waals surface area contributed by atoms with E-state index in [1.807, 2.05) is 31.2 Å². The lowest BCUT2D eigenvalue weighted by molar-refractivity contribution is -0.147. The lowest BCUT2D eigenvalue weighted by Crippen LogP contribution is -2.68. The third-order valence-corrected chi connectivity index (χ3v) is 9.14. The molecule has 1 amide bonds. The Morgan fingerprint density at radius 2 is 2.06 bits per heavy atom. The number of amides is 1. The number of carbonyl (C=O) groups excluding carboxylic acids is 2. The molecule has 1 fully saturated rings. The molecule has 2 aliphatic rings. The van der Waals surface area contributed by atoms with Gasteiger partial charge in [-0.2, -0.15) is 0 Å². The van der Waals surface area contributed by atoms with Gasteiger partial charge in [0.1, 0.15) is 29.5 Å². The molecule has 9 nitrogen and oxygen atoms in total. The lowest BCUT2D eigenvalue weighted by Gasteiger charge is -2.48. The number of β-lactam (4-membered cyclic amide) rings is 1. The summed E-state index contributed by atoms with van der Waals surface area (Å²) in [7, 11) is 1.59. The molecule has 34 heavy (non-hydrogen) atoms. The van der Waals surface area contributed by atoms with Crippen LogP contribution in [-0.2, 0) is 32.1 Å². The Labute approximate surface area is 208 Å². The number of aryl methyl sites for hydroxylation is 1. The Bertz CT molecular complexity index is 1150. The first-order valence-electron chi connectivity index (χ1n) is 10.3. The summed E-state index contributed by atoms with van der Waals surface area (Å²) in [6.07, 6.45) is 0.112. The van der Waals surface area contributed by atoms with E-state index in [1.54, 1.807) is 7.11 Å². The number of benzene rings is 1. The van der Waals surface area contributed by atoms with E-state index in [9.17, 15) is 19.5 Å². The van der Waals surface area contributed by atoms with Gasteiger partial charge in [0.25, 0.3) is 0 Å². The second-order valence-electron chi connectivity index (χ2n) is 7.66. The number of methoxy groups -OCH3 is 1. The molecule has 3 heterocycles. The molecular weight excluding hydrogens is 498 g/mol. The maximum absolute atomic E-state index is 12.3. The number of hydrogen-bond donors (Lipinski definition) is 2. The van der Waals surface area contributed by atoms with Crippen LogP contribution in [0.25, 0.3) is 0 Å². The van der Waals surface area contributed by atoms with E-state index >= 15 is 0 Å². The number of hydrogen-bond acceptors (Lipinski definition) is 10. The molecule has 3 N–H and O–H groups in total. The third-order valence-electron chi connectivity index (χ3n) is 5.40. The molecule has 180 valence electrons. The fourth-order valence-corrected chi connectivity index (χ4v) is 7.19. The van der Waals surface area contributed by atoms with E-state index in [-0.39, 0.29) is 36.0 Å². The molecule has 2 aromatic rings. The maximum atomic E-state index is 12.3. The topological polar surface area (TPSA) is 132 Å². The summed E-state index contributed by atoms with van der Waals surface area (Å²) in [5.41, 5.74) is 8.08. The molecule has 1 aromatic carbocycles. The molecule has 0 bridgehead atoms. The number of nitrogens with two attached hydrogens (primary N) is 1. The highest BCUT2D eigenvalue weighted by atomic mass is 32.2. The van der Waals surface area contributed by atoms with E-state index in [4.69, 9.17) is 15.2 Å². The van der Waals surface area contributed by atoms with Crippen LogP contribution >= 0.6 is 34.9 Å². The van der Waals surface area contributed by atoms with Crippen molar-refractivity contribution in [2.45, 2.75) is 35.7 Å². The van der Waals surface area contributed by atoms with E-state index in [0.717, 1.165) is 26.2 Å². The SMILES string of the molecule is COc1ccc(COC(=O)Cc2sc(SCC3=C(C(=O)O)N4C(=O)C(N)[C@@H]4SC3)nc2C)cc1. The van der Waals surface area contributed by atoms with Gasteiger partial charge in [-0.1, -0.05) is 23.9 Å². The number of thioether (sulfide) groups is 2. The molecule has 12 heteroatoms. The fraction of sp³-hybridized carbons (Fsp3) is 0.364. The van der Waals surface area contributed by atoms with Gasteiger partial charge >= 0.3 is 11.9 Å². The van der Waals surface area contributed by atoms with Crippen LogP contribution in [0, 0.1) is 6.92 Å². The van der Waals surface area contributed by atoms with Crippen LogP contribution in [0.5, 0.6) is 5.75 Å². The zero-order valence-electron chi connectivity index (χ0n) is 18.5. The van der Waals surface area contributed by atoms with Gasteiger partial charge in [0.2, 0.25) is 5.91 Å². The normalized spacial score (nSPS) is 19.5. The minimum atomic E-state index is -1.13. The molecule has 0 spiro atoms. The summed E-state index contributed by atoms with van der Waals surface area (Å²) in [6, 6.07) is 6.64. The van der Waals surface area contributed by atoms with E-state index in [2.05, 4.69) is 4.98 Å². The van der Waals surface area contributed by atoms with Crippen molar-refractivity contribution in [1.29, 1.82) is 0 Å². The monoisotopic (exact) mass is 521 g/mol. The number of rotatable bonds is 9. The zero-order chi connectivity index (χ0) is 24.4. The van der Waals surface area contributed by atoms with Gasteiger partial charge in [0.05, 0.1) is 19.2 Å². The lowest BCUT2D eigenvalue weighted by atomic mass is 10.0. The Morgan fingerprint density at radius 3 is 2.74 bits per heavy atom. The number of thiazole rings is 1. The predicted octanol–water partition coefficient (Wildman–Crippen LogP) is 2.42. The van der Waals surface area contributed by atoms with Crippen molar-refractivity contribution >= 4 is 52.7 Å². The summed E-state index contributed by atoms with van der Waals surface area (Å²) in [5, 5.41) is 9.34. The van der Waals surface area contributed by atoms with Gasteiger partial charge in [0.15, 0.2) is 4.34 Å². The highest BCUT2D eigenvalue weighted by molar-refractivity contribution is 8.01. The molecule has 2 aliphatic heterocycles. The number of aliphatic carboxylic acids is 1. The second kappa shape index (κ2) is 10.4. The van der Waals surface area contributed by atoms with E-state index in [1.165, 1.54) is 39.8 Å². The predicted molar refractivity (Wildman–Crippen MR) is 130 cm³/mol. The number of carboxylic acid groups (broad SMARTS) is 1. The average molecular weight is 522 g/mol. The molecule has 2 atom stereocenters. The molecule has 0 saturated carbocycles. The Kier molecular flexibility index (Phi) is 7.51. The number of fused-ring (bicyclic) bond motifs is 1. The van der Waals surface area contributed by atoms with Crippen LogP contribution < -0.4 is 10.5 Å². The van der Waals surface area contributed by atoms with Crippen LogP contribution in [0.15, 0.2) is 39.9 Å². The Morgan fingerprint density at radius 1 is 1.32 bits per heavy atom. The molecule has 1 unspecified atom stereocenters. The van der Waals surface area contributed by atoms with Gasteiger partial charge in [-0.05, 0) is 30.2 Å². The highest BCUT2D eigenvalue weighted by Crippen LogP contribution is 2.41. The molecule has 0 aliphatic carbocycles. The van der Waals surface area contributed by atoms with Crippen molar-refractivity contribution in [1.82, 2.24) is 9.88 Å². The van der Waals surface area contributed by atoms with Crippen LogP contribution in [-0.4, -0.2) is 62.9 Å². The van der Waals surface area contributed by atoms with Crippen molar-refractivity contribution < 1.29 is 29.0 Å². The Balaban J connectivity index is 1.35. The van der Waals surface area contributed by atoms with E-state index < -0.39 is 12.0 Å². The Hall–Kier alpha value is -2.54. The van der Waals surface area contributed by atoms with Gasteiger partial charge in [-0.25, -0.2) is 9.78 Å². The number of aromatic nitrogens is 1. The summed E-state index contributed by atoms with van der Waals surface area (Å²) >= 11 is 4.25. The number of nitrogens with zero attached hydrogens (tertiary/aromatic N) is 2. The molecule has 4 rings (SSSR count). The summed E-state index contributed by atoms with van der Waals surface area (Å²) in [6.45, 7) is 2.00. The minimum Gasteiger partial charge on any atom is -0.497 e. The molecule has 0 radical (unpaired) electrons. The van der Waals surface area contributed by atoms with Crippen molar-refractivity contribution in [3.8, 4) is 5.75 Å². The standard InChI is InChI=1S/C22H23N3O6S3/c1-11-15(7-16(26)31-8-12-3-5-14(30-2)6-4-12)34-22(24-11)33-10-13-9-32-20-17(23)19(27)25(20)18(13)21(28)29/h3-6,17,20H,7-10,23H2,1-2H3,(H,28,29)/t17?,20-/m0/s1. The molecule has 1 saturated heterocycles. The first-order chi connectivity index (χ1) is 16.3. The van der Waals surface area contributed by atoms with E-state index in [0.29, 0.717) is 17.1 Å². The summed E-state index contributed by atoms with van der Waals surface area (Å²) in [4.78, 5) is 42.8. The fourth-order valence-electron chi connectivity index (χ4n) is 3.53. The minimum absolute atomic E-state index is 0.0264.